The number of benzene rings is 2. The van der Waals surface area contributed by atoms with Crippen LogP contribution in [0, 0.1) is 17.1 Å². The molecule has 0 spiro atoms. The van der Waals surface area contributed by atoms with Crippen molar-refractivity contribution in [2.75, 3.05) is 13.7 Å². The minimum absolute atomic E-state index is 0.00997. The van der Waals surface area contributed by atoms with E-state index in [0.717, 1.165) is 0 Å². The van der Waals surface area contributed by atoms with Crippen LogP contribution in [0.4, 0.5) is 4.39 Å². The molecular formula is C26H21FN4O4. The van der Waals surface area contributed by atoms with E-state index in [1.165, 1.54) is 36.1 Å². The fourth-order valence-electron chi connectivity index (χ4n) is 4.03. The Labute approximate surface area is 199 Å². The lowest BCUT2D eigenvalue weighted by molar-refractivity contribution is -0.139. The maximum absolute atomic E-state index is 14.1. The van der Waals surface area contributed by atoms with Gasteiger partial charge in [0.15, 0.2) is 0 Å². The first kappa shape index (κ1) is 23.6. The number of methoxy groups -OCH3 is 1. The van der Waals surface area contributed by atoms with Crippen LogP contribution in [-0.2, 0) is 11.3 Å². The van der Waals surface area contributed by atoms with Crippen LogP contribution in [-0.4, -0.2) is 34.3 Å². The molecule has 2 heterocycles. The van der Waals surface area contributed by atoms with Crippen molar-refractivity contribution in [3.05, 3.63) is 94.4 Å². The summed E-state index contributed by atoms with van der Waals surface area (Å²) in [7, 11) is 1.49. The highest BCUT2D eigenvalue weighted by atomic mass is 19.1. The van der Waals surface area contributed by atoms with Gasteiger partial charge in [0.1, 0.15) is 29.4 Å². The Hall–Kier alpha value is -4.55. The van der Waals surface area contributed by atoms with Gasteiger partial charge in [0, 0.05) is 41.8 Å². The first-order valence-corrected chi connectivity index (χ1v) is 10.7. The highest BCUT2D eigenvalue weighted by molar-refractivity contribution is 5.99. The van der Waals surface area contributed by atoms with Crippen molar-refractivity contribution in [1.82, 2.24) is 14.9 Å². The molecule has 0 aliphatic carbocycles. The Morgan fingerprint density at radius 2 is 2.06 bits per heavy atom. The maximum Gasteiger partial charge on any atom is 0.325 e. The van der Waals surface area contributed by atoms with E-state index in [4.69, 9.17) is 4.74 Å². The van der Waals surface area contributed by atoms with Crippen LogP contribution in [0.2, 0.25) is 0 Å². The number of rotatable bonds is 8. The van der Waals surface area contributed by atoms with Gasteiger partial charge in [-0.15, -0.1) is 0 Å². The van der Waals surface area contributed by atoms with Crippen LogP contribution in [0.3, 0.4) is 0 Å². The zero-order valence-electron chi connectivity index (χ0n) is 18.7. The number of carbonyl (C=O) groups is 1. The van der Waals surface area contributed by atoms with Gasteiger partial charge in [-0.1, -0.05) is 18.2 Å². The minimum Gasteiger partial charge on any atom is -0.497 e. The lowest BCUT2D eigenvalue weighted by Crippen LogP contribution is -2.34. The van der Waals surface area contributed by atoms with Crippen LogP contribution in [0.5, 0.6) is 5.75 Å². The highest BCUT2D eigenvalue weighted by Crippen LogP contribution is 2.33. The normalized spacial score (nSPS) is 11.7. The first-order chi connectivity index (χ1) is 16.9. The number of nitrogens with zero attached hydrogens (tertiary/aromatic N) is 3. The van der Waals surface area contributed by atoms with E-state index < -0.39 is 23.4 Å². The quantitative estimate of drug-likeness (QED) is 0.403. The number of hydrogen-bond donors (Lipinski definition) is 2. The van der Waals surface area contributed by atoms with Crippen LogP contribution >= 0.6 is 0 Å². The Morgan fingerprint density at radius 3 is 2.71 bits per heavy atom. The summed E-state index contributed by atoms with van der Waals surface area (Å²) < 4.78 is 20.7. The summed E-state index contributed by atoms with van der Waals surface area (Å²) in [5.41, 5.74) is 0.896. The molecule has 4 aromatic rings. The molecule has 2 aromatic carbocycles. The van der Waals surface area contributed by atoms with E-state index in [9.17, 15) is 24.3 Å². The van der Waals surface area contributed by atoms with Gasteiger partial charge in [-0.05, 0) is 47.5 Å². The van der Waals surface area contributed by atoms with Gasteiger partial charge in [0.2, 0.25) is 0 Å². The number of nitriles is 1. The van der Waals surface area contributed by atoms with E-state index >= 15 is 0 Å². The molecule has 2 N–H and O–H groups in total. The molecule has 0 saturated carbocycles. The summed E-state index contributed by atoms with van der Waals surface area (Å²) in [5.74, 6) is -1.10. The fraction of sp³-hybridized carbons (Fsp3) is 0.154. The van der Waals surface area contributed by atoms with Gasteiger partial charge in [0.25, 0.3) is 5.56 Å². The van der Waals surface area contributed by atoms with Crippen LogP contribution in [0.1, 0.15) is 17.3 Å². The van der Waals surface area contributed by atoms with Crippen molar-refractivity contribution in [3.63, 3.8) is 0 Å². The van der Waals surface area contributed by atoms with E-state index in [2.05, 4.69) is 16.4 Å². The van der Waals surface area contributed by atoms with Crippen LogP contribution in [0.15, 0.2) is 71.8 Å². The molecule has 9 heteroatoms. The molecule has 4 rings (SSSR count). The third-order valence-corrected chi connectivity index (χ3v) is 5.65. The van der Waals surface area contributed by atoms with Crippen molar-refractivity contribution in [2.45, 2.75) is 12.6 Å². The Morgan fingerprint density at radius 1 is 1.23 bits per heavy atom. The van der Waals surface area contributed by atoms with Crippen molar-refractivity contribution in [3.8, 4) is 22.9 Å². The molecule has 0 bridgehead atoms. The molecule has 2 aromatic heterocycles. The third kappa shape index (κ3) is 4.74. The number of carboxylic acids is 1. The van der Waals surface area contributed by atoms with Gasteiger partial charge >= 0.3 is 5.97 Å². The van der Waals surface area contributed by atoms with Gasteiger partial charge in [-0.2, -0.15) is 5.26 Å². The molecule has 1 atom stereocenters. The largest absolute Gasteiger partial charge is 0.497 e. The second-order valence-electron chi connectivity index (χ2n) is 7.73. The monoisotopic (exact) mass is 472 g/mol. The molecule has 0 saturated heterocycles. The number of hydrogen-bond acceptors (Lipinski definition) is 6. The lowest BCUT2D eigenvalue weighted by Gasteiger charge is -2.18. The molecule has 0 amide bonds. The number of aliphatic carboxylic acids is 1. The fourth-order valence-corrected chi connectivity index (χ4v) is 4.03. The van der Waals surface area contributed by atoms with Gasteiger partial charge < -0.3 is 9.84 Å². The Balaban J connectivity index is 1.81. The predicted octanol–water partition coefficient (Wildman–Crippen LogP) is 3.50. The van der Waals surface area contributed by atoms with Crippen LogP contribution < -0.4 is 15.6 Å². The molecule has 0 aliphatic heterocycles. The van der Waals surface area contributed by atoms with Gasteiger partial charge in [-0.25, -0.2) is 4.39 Å². The molecular weight excluding hydrogens is 451 g/mol. The molecule has 176 valence electrons. The number of carboxylic acid groups (broad SMARTS) is 1. The molecule has 0 aliphatic rings. The second-order valence-corrected chi connectivity index (χ2v) is 7.73. The number of halogens is 1. The van der Waals surface area contributed by atoms with E-state index in [0.29, 0.717) is 33.2 Å². The van der Waals surface area contributed by atoms with Crippen molar-refractivity contribution >= 4 is 16.7 Å². The van der Waals surface area contributed by atoms with Gasteiger partial charge in [-0.3, -0.25) is 24.5 Å². The zero-order valence-corrected chi connectivity index (χ0v) is 18.7. The number of ether oxygens (including phenoxy) is 1. The maximum atomic E-state index is 14.1. The van der Waals surface area contributed by atoms with Crippen LogP contribution in [0.25, 0.3) is 21.9 Å². The minimum atomic E-state index is -1.10. The van der Waals surface area contributed by atoms with E-state index in [-0.39, 0.29) is 18.8 Å². The number of fused-ring (bicyclic) bond motifs is 1. The second kappa shape index (κ2) is 10.2. The average Bonchev–Trinajstić information content (AvgIpc) is 2.87. The summed E-state index contributed by atoms with van der Waals surface area (Å²) in [6.45, 7) is 0.0841. The van der Waals surface area contributed by atoms with Gasteiger partial charge in [0.05, 0.1) is 7.11 Å². The summed E-state index contributed by atoms with van der Waals surface area (Å²) >= 11 is 0. The Kier molecular flexibility index (Phi) is 6.85. The topological polar surface area (TPSA) is 117 Å². The zero-order chi connectivity index (χ0) is 24.9. The number of aromatic nitrogens is 2. The SMILES string of the molecule is COc1ccc2c(=O)n(CCNC(C(=O)O)c3cccnc3)c(C#N)c(-c3cccc(F)c3)c2c1. The summed E-state index contributed by atoms with van der Waals surface area (Å²) in [5, 5.41) is 23.4. The van der Waals surface area contributed by atoms with Crippen molar-refractivity contribution in [1.29, 1.82) is 5.26 Å². The summed E-state index contributed by atoms with van der Waals surface area (Å²) in [6.07, 6.45) is 2.99. The average molecular weight is 472 g/mol. The number of pyridine rings is 2. The van der Waals surface area contributed by atoms with E-state index in [1.807, 2.05) is 0 Å². The lowest BCUT2D eigenvalue weighted by atomic mass is 9.96. The first-order valence-electron chi connectivity index (χ1n) is 10.7. The molecule has 1 unspecified atom stereocenters. The third-order valence-electron chi connectivity index (χ3n) is 5.65. The highest BCUT2D eigenvalue weighted by Gasteiger charge is 2.22. The molecule has 0 fully saturated rings. The summed E-state index contributed by atoms with van der Waals surface area (Å²) in [4.78, 5) is 29.1. The molecule has 0 radical (unpaired) electrons. The Bertz CT molecular complexity index is 1500. The van der Waals surface area contributed by atoms with Crippen molar-refractivity contribution < 1.29 is 19.0 Å². The van der Waals surface area contributed by atoms with Crippen molar-refractivity contribution in [2.24, 2.45) is 0 Å². The smallest absolute Gasteiger partial charge is 0.325 e. The molecule has 8 nitrogen and oxygen atoms in total. The number of nitrogens with one attached hydrogen (secondary N) is 1. The van der Waals surface area contributed by atoms with E-state index in [1.54, 1.807) is 42.6 Å². The summed E-state index contributed by atoms with van der Waals surface area (Å²) in [6, 6.07) is 15.0. The standard InChI is InChI=1S/C26H21FN4O4/c1-35-19-7-8-20-21(13-19)23(16-4-2-6-18(27)12-16)22(14-28)31(25(20)32)11-10-30-24(26(33)34)17-5-3-9-29-15-17/h2-9,12-13,15,24,30H,10-11H2,1H3,(H,33,34). The molecule has 35 heavy (non-hydrogen) atoms. The predicted molar refractivity (Wildman–Crippen MR) is 127 cm³/mol.